The molecule has 0 aliphatic heterocycles. The first kappa shape index (κ1) is 36.4. The highest BCUT2D eigenvalue weighted by atomic mass is 16.3. The zero-order valence-electron chi connectivity index (χ0n) is 35.4. The van der Waals surface area contributed by atoms with Crippen LogP contribution in [0.1, 0.15) is 49.9 Å². The van der Waals surface area contributed by atoms with E-state index in [-0.39, 0.29) is 10.8 Å². The summed E-state index contributed by atoms with van der Waals surface area (Å²) >= 11 is 0. The molecule has 10 aromatic rings. The van der Waals surface area contributed by atoms with Gasteiger partial charge >= 0.3 is 0 Å². The predicted molar refractivity (Wildman–Crippen MR) is 260 cm³/mol. The van der Waals surface area contributed by atoms with Crippen LogP contribution in [0.15, 0.2) is 205 Å². The van der Waals surface area contributed by atoms with Crippen molar-refractivity contribution in [2.45, 2.75) is 38.5 Å². The van der Waals surface area contributed by atoms with Crippen LogP contribution in [-0.4, -0.2) is 0 Å². The van der Waals surface area contributed by atoms with E-state index in [9.17, 15) is 0 Å². The van der Waals surface area contributed by atoms with Crippen molar-refractivity contribution in [3.63, 3.8) is 0 Å². The van der Waals surface area contributed by atoms with Crippen molar-refractivity contribution in [2.75, 3.05) is 4.90 Å². The van der Waals surface area contributed by atoms with Crippen LogP contribution in [0.5, 0.6) is 0 Å². The van der Waals surface area contributed by atoms with Crippen LogP contribution >= 0.6 is 0 Å². The summed E-state index contributed by atoms with van der Waals surface area (Å²) in [4.78, 5) is 2.45. The van der Waals surface area contributed by atoms with Crippen molar-refractivity contribution in [3.05, 3.63) is 222 Å². The summed E-state index contributed by atoms with van der Waals surface area (Å²) in [5.41, 5.74) is 22.9. The molecule has 0 amide bonds. The van der Waals surface area contributed by atoms with Gasteiger partial charge in [-0.15, -0.1) is 0 Å². The van der Waals surface area contributed by atoms with E-state index in [1.807, 2.05) is 6.07 Å². The van der Waals surface area contributed by atoms with Gasteiger partial charge in [-0.1, -0.05) is 179 Å². The number of para-hydroxylation sites is 2. The van der Waals surface area contributed by atoms with Gasteiger partial charge in [0.2, 0.25) is 0 Å². The Kier molecular flexibility index (Phi) is 7.96. The van der Waals surface area contributed by atoms with Crippen LogP contribution in [0.4, 0.5) is 17.1 Å². The highest BCUT2D eigenvalue weighted by molar-refractivity contribution is 6.12. The molecule has 0 atom stereocenters. The first-order valence-electron chi connectivity index (χ1n) is 21.8. The minimum absolute atomic E-state index is 0.0617. The van der Waals surface area contributed by atoms with Gasteiger partial charge in [-0.25, -0.2) is 0 Å². The van der Waals surface area contributed by atoms with Crippen LogP contribution in [-0.2, 0) is 10.8 Å². The Balaban J connectivity index is 1.03. The molecule has 0 saturated heterocycles. The van der Waals surface area contributed by atoms with Crippen LogP contribution in [0.2, 0.25) is 0 Å². The highest BCUT2D eigenvalue weighted by Crippen LogP contribution is 2.54. The van der Waals surface area contributed by atoms with Crippen molar-refractivity contribution < 1.29 is 4.42 Å². The van der Waals surface area contributed by atoms with Gasteiger partial charge in [0.05, 0.1) is 5.69 Å². The van der Waals surface area contributed by atoms with E-state index in [1.54, 1.807) is 0 Å². The summed E-state index contributed by atoms with van der Waals surface area (Å²) in [7, 11) is 0. The Hall–Kier alpha value is -7.42. The van der Waals surface area contributed by atoms with Gasteiger partial charge in [0.25, 0.3) is 0 Å². The number of hydrogen-bond donors (Lipinski definition) is 0. The SMILES string of the molecule is CC1(C)c2ccccc2-c2ccc(-c3ccc(N(c4cccc(-c5cccc6oc7ccccc7c56)c4)c4ccccc4-c4cccc5c4-c4ccccc4C5(C)C)cc3)cc21. The maximum absolute atomic E-state index is 6.36. The molecule has 12 rings (SSSR count). The molecule has 0 bridgehead atoms. The Morgan fingerprint density at radius 1 is 0.355 bits per heavy atom. The van der Waals surface area contributed by atoms with Crippen molar-refractivity contribution in [1.29, 1.82) is 0 Å². The summed E-state index contributed by atoms with van der Waals surface area (Å²) in [6.45, 7) is 9.42. The molecule has 0 saturated carbocycles. The molecule has 296 valence electrons. The lowest BCUT2D eigenvalue weighted by Crippen LogP contribution is -2.15. The Labute approximate surface area is 363 Å². The van der Waals surface area contributed by atoms with Gasteiger partial charge < -0.3 is 9.32 Å². The fraction of sp³-hybridized carbons (Fsp3) is 0.100. The second kappa shape index (κ2) is 13.5. The molecule has 2 nitrogen and oxygen atoms in total. The van der Waals surface area contributed by atoms with Gasteiger partial charge in [0.15, 0.2) is 0 Å². The van der Waals surface area contributed by atoms with Gasteiger partial charge in [-0.3, -0.25) is 0 Å². The molecular formula is C60H45NO. The average Bonchev–Trinajstić information content (AvgIpc) is 3.89. The smallest absolute Gasteiger partial charge is 0.136 e. The van der Waals surface area contributed by atoms with Gasteiger partial charge in [0, 0.05) is 38.5 Å². The molecule has 2 heteroatoms. The normalized spacial score (nSPS) is 14.1. The molecule has 1 aromatic heterocycles. The van der Waals surface area contributed by atoms with E-state index in [4.69, 9.17) is 4.42 Å². The lowest BCUT2D eigenvalue weighted by atomic mass is 9.81. The largest absolute Gasteiger partial charge is 0.456 e. The van der Waals surface area contributed by atoms with Crippen molar-refractivity contribution >= 4 is 39.0 Å². The molecule has 0 fully saturated rings. The van der Waals surface area contributed by atoms with Gasteiger partial charge in [-0.2, -0.15) is 0 Å². The van der Waals surface area contributed by atoms with E-state index in [1.165, 1.54) is 66.8 Å². The van der Waals surface area contributed by atoms with Crippen molar-refractivity contribution in [1.82, 2.24) is 0 Å². The molecule has 9 aromatic carbocycles. The summed E-state index contributed by atoms with van der Waals surface area (Å²) in [5.74, 6) is 0. The number of nitrogens with zero attached hydrogens (tertiary/aromatic N) is 1. The van der Waals surface area contributed by atoms with E-state index >= 15 is 0 Å². The maximum atomic E-state index is 6.36. The van der Waals surface area contributed by atoms with Gasteiger partial charge in [-0.05, 0) is 121 Å². The lowest BCUT2D eigenvalue weighted by Gasteiger charge is -2.29. The Morgan fingerprint density at radius 3 is 1.77 bits per heavy atom. The zero-order chi connectivity index (χ0) is 41.7. The molecule has 0 unspecified atom stereocenters. The Bertz CT molecular complexity index is 3420. The number of rotatable bonds is 6. The molecule has 0 N–H and O–H groups in total. The standard InChI is InChI=1S/C60H45NO/c1-59(2)51-25-10-6-20-48(51)57-47(23-14-26-52(57)59)46-19-7-11-27-54(46)61(42-17-13-16-40(36-42)43-22-15-29-56-58(43)49-21-8-12-28-55(49)62-56)41-33-30-38(31-34-41)39-32-35-45-44-18-5-9-24-50(44)60(3,4)53(45)37-39/h5-37H,1-4H3. The second-order valence-electron chi connectivity index (χ2n) is 18.1. The quantitative estimate of drug-likeness (QED) is 0.167. The molecule has 0 spiro atoms. The van der Waals surface area contributed by atoms with Crippen LogP contribution < -0.4 is 4.90 Å². The highest BCUT2D eigenvalue weighted by Gasteiger charge is 2.38. The molecular weight excluding hydrogens is 751 g/mol. The molecule has 1 heterocycles. The van der Waals surface area contributed by atoms with Crippen molar-refractivity contribution in [2.24, 2.45) is 0 Å². The predicted octanol–water partition coefficient (Wildman–Crippen LogP) is 16.7. The van der Waals surface area contributed by atoms with Crippen LogP contribution in [0.25, 0.3) is 77.6 Å². The lowest BCUT2D eigenvalue weighted by molar-refractivity contribution is 0.660. The Morgan fingerprint density at radius 2 is 0.935 bits per heavy atom. The number of furan rings is 1. The third-order valence-electron chi connectivity index (χ3n) is 13.9. The second-order valence-corrected chi connectivity index (χ2v) is 18.1. The van der Waals surface area contributed by atoms with Crippen molar-refractivity contribution in [3.8, 4) is 55.6 Å². The fourth-order valence-corrected chi connectivity index (χ4v) is 10.8. The third-order valence-corrected chi connectivity index (χ3v) is 13.9. The summed E-state index contributed by atoms with van der Waals surface area (Å²) in [5, 5.41) is 2.26. The molecule has 62 heavy (non-hydrogen) atoms. The topological polar surface area (TPSA) is 16.4 Å². The molecule has 2 aliphatic rings. The number of hydrogen-bond acceptors (Lipinski definition) is 2. The monoisotopic (exact) mass is 795 g/mol. The third kappa shape index (κ3) is 5.36. The minimum Gasteiger partial charge on any atom is -0.456 e. The van der Waals surface area contributed by atoms with Crippen LogP contribution in [0, 0.1) is 0 Å². The minimum atomic E-state index is -0.103. The summed E-state index contributed by atoms with van der Waals surface area (Å²) < 4.78 is 6.36. The number of fused-ring (bicyclic) bond motifs is 9. The maximum Gasteiger partial charge on any atom is 0.136 e. The van der Waals surface area contributed by atoms with E-state index in [0.717, 1.165) is 50.1 Å². The number of anilines is 3. The van der Waals surface area contributed by atoms with E-state index in [2.05, 4.69) is 227 Å². The number of benzene rings is 9. The first-order valence-corrected chi connectivity index (χ1v) is 21.8. The zero-order valence-corrected chi connectivity index (χ0v) is 35.4. The van der Waals surface area contributed by atoms with Crippen LogP contribution in [0.3, 0.4) is 0 Å². The summed E-state index contributed by atoms with van der Waals surface area (Å²) in [6.07, 6.45) is 0. The molecule has 2 aliphatic carbocycles. The van der Waals surface area contributed by atoms with Gasteiger partial charge in [0.1, 0.15) is 11.2 Å². The average molecular weight is 796 g/mol. The van der Waals surface area contributed by atoms with E-state index < -0.39 is 0 Å². The fourth-order valence-electron chi connectivity index (χ4n) is 10.8. The summed E-state index contributed by atoms with van der Waals surface area (Å²) in [6, 6.07) is 73.6. The first-order chi connectivity index (χ1) is 30.3. The molecule has 0 radical (unpaired) electrons. The van der Waals surface area contributed by atoms with E-state index in [0.29, 0.717) is 0 Å².